The van der Waals surface area contributed by atoms with E-state index in [1.807, 2.05) is 11.0 Å². The van der Waals surface area contributed by atoms with E-state index in [2.05, 4.69) is 58.3 Å². The second-order valence-corrected chi connectivity index (χ2v) is 21.5. The molecule has 0 radical (unpaired) electrons. The fourth-order valence-corrected chi connectivity index (χ4v) is 13.1. The number of piperidine rings is 4. The van der Waals surface area contributed by atoms with Gasteiger partial charge in [-0.3, -0.25) is 29.7 Å². The van der Waals surface area contributed by atoms with Gasteiger partial charge in [0, 0.05) is 92.7 Å². The van der Waals surface area contributed by atoms with E-state index in [1.54, 1.807) is 6.20 Å². The first-order valence-corrected chi connectivity index (χ1v) is 26.0. The molecule has 3 aromatic carbocycles. The quantitative estimate of drug-likeness (QED) is 0.0977. The topological polar surface area (TPSA) is 163 Å². The lowest BCUT2D eigenvalue weighted by Gasteiger charge is -2.48. The Labute approximate surface area is 417 Å². The lowest BCUT2D eigenvalue weighted by atomic mass is 9.71. The van der Waals surface area contributed by atoms with E-state index < -0.39 is 23.9 Å². The van der Waals surface area contributed by atoms with Gasteiger partial charge < -0.3 is 35.0 Å². The van der Waals surface area contributed by atoms with Gasteiger partial charge in [0.2, 0.25) is 11.8 Å². The van der Waals surface area contributed by atoms with Crippen molar-refractivity contribution in [2.75, 3.05) is 81.9 Å². The predicted octanol–water partition coefficient (Wildman–Crippen LogP) is 5.84. The molecule has 4 atom stereocenters. The summed E-state index contributed by atoms with van der Waals surface area (Å²) in [5.74, 6) is 1.57. The summed E-state index contributed by atoms with van der Waals surface area (Å²) in [6, 6.07) is 12.1. The number of aromatic nitrogens is 3. The Morgan fingerprint density at radius 1 is 0.875 bits per heavy atom. The van der Waals surface area contributed by atoms with Crippen molar-refractivity contribution in [2.24, 2.45) is 11.3 Å². The molecule has 7 aliphatic heterocycles. The highest BCUT2D eigenvalue weighted by molar-refractivity contribution is 6.03. The number of phenolic OH excluding ortho intramolecular Hbond substituents is 1. The van der Waals surface area contributed by atoms with Crippen molar-refractivity contribution < 1.29 is 33.3 Å². The number of nitrogens with zero attached hydrogens (tertiary/aromatic N) is 8. The number of terminal acetylenes is 1. The second-order valence-electron chi connectivity index (χ2n) is 21.5. The van der Waals surface area contributed by atoms with E-state index >= 15 is 8.78 Å². The lowest BCUT2D eigenvalue weighted by molar-refractivity contribution is -0.141. The van der Waals surface area contributed by atoms with E-state index in [-0.39, 0.29) is 57.7 Å². The summed E-state index contributed by atoms with van der Waals surface area (Å²) < 4.78 is 38.3. The number of aliphatic hydroxyl groups is 1. The van der Waals surface area contributed by atoms with Crippen LogP contribution in [0.1, 0.15) is 87.1 Å². The lowest BCUT2D eigenvalue weighted by Crippen LogP contribution is -2.51. The normalized spacial score (nSPS) is 25.1. The van der Waals surface area contributed by atoms with Crippen molar-refractivity contribution >= 4 is 45.0 Å². The molecule has 0 saturated carbocycles. The Bertz CT molecular complexity index is 2970. The maximum Gasteiger partial charge on any atom is 0.319 e. The number of nitrogens with one attached hydrogen (secondary N) is 2. The summed E-state index contributed by atoms with van der Waals surface area (Å²) in [4.78, 5) is 50.0. The molecule has 2 aromatic heterocycles. The molecule has 376 valence electrons. The van der Waals surface area contributed by atoms with Gasteiger partial charge in [-0.25, -0.2) is 8.78 Å². The number of halogens is 2. The highest BCUT2D eigenvalue weighted by atomic mass is 19.1. The average Bonchev–Trinajstić information content (AvgIpc) is 3.90. The van der Waals surface area contributed by atoms with E-state index in [1.165, 1.54) is 55.6 Å². The molecule has 6 fully saturated rings. The maximum atomic E-state index is 17.0. The van der Waals surface area contributed by atoms with E-state index in [0.29, 0.717) is 79.2 Å². The van der Waals surface area contributed by atoms with Crippen LogP contribution in [0.25, 0.3) is 32.9 Å². The van der Waals surface area contributed by atoms with Crippen molar-refractivity contribution in [3.05, 3.63) is 77.0 Å². The molecule has 2 amide bonds. The summed E-state index contributed by atoms with van der Waals surface area (Å²) >= 11 is 0. The third kappa shape index (κ3) is 8.88. The number of piperazine rings is 1. The Balaban J connectivity index is 0.645. The number of pyridine rings is 1. The molecule has 4 unspecified atom stereocenters. The second kappa shape index (κ2) is 19.1. The number of imide groups is 1. The molecule has 6 saturated heterocycles. The van der Waals surface area contributed by atoms with Crippen LogP contribution in [0.3, 0.4) is 0 Å². The van der Waals surface area contributed by atoms with Crippen molar-refractivity contribution in [3.8, 4) is 35.4 Å². The van der Waals surface area contributed by atoms with Crippen LogP contribution in [-0.4, -0.2) is 142 Å². The van der Waals surface area contributed by atoms with Crippen LogP contribution in [0.2, 0.25) is 0 Å². The zero-order chi connectivity index (χ0) is 49.3. The number of rotatable bonds is 10. The van der Waals surface area contributed by atoms with Crippen LogP contribution in [0.15, 0.2) is 48.7 Å². The molecule has 72 heavy (non-hydrogen) atoms. The van der Waals surface area contributed by atoms with E-state index in [4.69, 9.17) is 16.1 Å². The molecular formula is C55H62F2N10O5. The molecule has 17 heteroatoms. The van der Waals surface area contributed by atoms with Crippen molar-refractivity contribution in [1.29, 1.82) is 0 Å². The molecular weight excluding hydrogens is 919 g/mol. The molecule has 4 N–H and O–H groups in total. The van der Waals surface area contributed by atoms with Gasteiger partial charge in [-0.15, -0.1) is 6.42 Å². The number of aliphatic hydroxyl groups excluding tert-OH is 1. The Morgan fingerprint density at radius 3 is 2.39 bits per heavy atom. The minimum absolute atomic E-state index is 0.0360. The number of anilines is 2. The minimum atomic E-state index is -0.850. The molecule has 5 aromatic rings. The molecule has 12 rings (SSSR count). The third-order valence-electron chi connectivity index (χ3n) is 17.3. The van der Waals surface area contributed by atoms with Crippen LogP contribution in [0.4, 0.5) is 20.3 Å². The summed E-state index contributed by atoms with van der Waals surface area (Å²) in [7, 11) is 0. The monoisotopic (exact) mass is 980 g/mol. The zero-order valence-electron chi connectivity index (χ0n) is 40.6. The van der Waals surface area contributed by atoms with Crippen LogP contribution in [0, 0.1) is 35.3 Å². The number of likely N-dealkylation sites (tertiary alicyclic amines) is 2. The van der Waals surface area contributed by atoms with Gasteiger partial charge in [-0.2, -0.15) is 9.97 Å². The van der Waals surface area contributed by atoms with Gasteiger partial charge >= 0.3 is 6.01 Å². The van der Waals surface area contributed by atoms with Gasteiger partial charge in [0.25, 0.3) is 0 Å². The van der Waals surface area contributed by atoms with E-state index in [0.717, 1.165) is 82.6 Å². The van der Waals surface area contributed by atoms with Crippen molar-refractivity contribution in [1.82, 2.24) is 40.3 Å². The first-order valence-electron chi connectivity index (χ1n) is 26.0. The number of hydrogen-bond acceptors (Lipinski definition) is 14. The third-order valence-corrected chi connectivity index (χ3v) is 17.3. The predicted molar refractivity (Wildman–Crippen MR) is 269 cm³/mol. The number of benzene rings is 3. The molecule has 9 heterocycles. The number of aromatic hydroxyl groups is 1. The SMILES string of the molecule is C#Cc1c(F)ccc2cc(O)cc(-c3ncc4c(N5CC6CCC(C5)N6)nc(OCCN5CCC(CN6CCC7(CC6)CCN(c6ccc8c(c6)CN(C6CCC(=O)NC6=O)C8O)CC7)CC5)nc4c3F)c12. The molecule has 15 nitrogen and oxygen atoms in total. The molecule has 2 bridgehead atoms. The van der Waals surface area contributed by atoms with E-state index in [9.17, 15) is 19.8 Å². The van der Waals surface area contributed by atoms with Crippen LogP contribution >= 0.6 is 0 Å². The van der Waals surface area contributed by atoms with Crippen LogP contribution in [-0.2, 0) is 16.1 Å². The first-order chi connectivity index (χ1) is 35.0. The minimum Gasteiger partial charge on any atom is -0.508 e. The fraction of sp³-hybridized carbons (Fsp3) is 0.509. The zero-order valence-corrected chi connectivity index (χ0v) is 40.6. The highest BCUT2D eigenvalue weighted by Gasteiger charge is 2.42. The average molecular weight is 981 g/mol. The van der Waals surface area contributed by atoms with Gasteiger partial charge in [0.15, 0.2) is 5.82 Å². The van der Waals surface area contributed by atoms with Gasteiger partial charge in [0.05, 0.1) is 17.0 Å². The number of amides is 2. The number of phenols is 1. The van der Waals surface area contributed by atoms with Gasteiger partial charge in [-0.05, 0) is 137 Å². The smallest absolute Gasteiger partial charge is 0.319 e. The van der Waals surface area contributed by atoms with Gasteiger partial charge in [0.1, 0.15) is 41.4 Å². The Hall–Kier alpha value is -6.03. The molecule has 1 spiro atoms. The number of ether oxygens (including phenoxy) is 1. The number of carbonyl (C=O) groups excluding carboxylic acids is 2. The Morgan fingerprint density at radius 2 is 1.64 bits per heavy atom. The number of fused-ring (bicyclic) bond motifs is 5. The number of carbonyl (C=O) groups is 2. The number of hydrogen-bond donors (Lipinski definition) is 4. The summed E-state index contributed by atoms with van der Waals surface area (Å²) in [5, 5.41) is 29.1. The summed E-state index contributed by atoms with van der Waals surface area (Å²) in [5.41, 5.74) is 3.52. The molecule has 0 aliphatic carbocycles. The standard InChI is InChI=1S/C55H62F2N10O5/c1-2-40-44(56)8-3-34-26-39(68)27-42(47(34)40)49-48(57)50-43(28-58-49)51(66-31-36-4-5-37(32-66)59-36)62-54(61-50)72-24-23-63-17-11-33(12-18-63)29-64-19-13-55(14-20-64)15-21-65(22-16-55)38-6-7-41-35(25-38)30-67(53(41)71)45-9-10-46(69)60-52(45)70/h1,3,6-8,25-28,33,36-37,45,53,59,68,71H,4-5,9-24,29-32H2,(H,60,69,70). The van der Waals surface area contributed by atoms with Crippen molar-refractivity contribution in [2.45, 2.75) is 95.1 Å². The Kier molecular flexibility index (Phi) is 12.5. The van der Waals surface area contributed by atoms with Crippen LogP contribution < -0.4 is 25.2 Å². The largest absolute Gasteiger partial charge is 0.508 e. The van der Waals surface area contributed by atoms with Crippen molar-refractivity contribution in [3.63, 3.8) is 0 Å². The first kappa shape index (κ1) is 47.0. The summed E-state index contributed by atoms with van der Waals surface area (Å²) in [6.07, 6.45) is 16.3. The maximum absolute atomic E-state index is 17.0. The highest BCUT2D eigenvalue weighted by Crippen LogP contribution is 2.45. The van der Waals surface area contributed by atoms with Crippen LogP contribution in [0.5, 0.6) is 11.8 Å². The molecule has 7 aliphatic rings. The van der Waals surface area contributed by atoms with Gasteiger partial charge in [-0.1, -0.05) is 18.1 Å². The fourth-order valence-electron chi connectivity index (χ4n) is 13.1. The summed E-state index contributed by atoms with van der Waals surface area (Å²) in [6.45, 7) is 10.3.